The van der Waals surface area contributed by atoms with Crippen molar-refractivity contribution in [1.29, 1.82) is 0 Å². The molecule has 0 amide bonds. The van der Waals surface area contributed by atoms with Gasteiger partial charge in [-0.1, -0.05) is 24.3 Å². The lowest BCUT2D eigenvalue weighted by Gasteiger charge is -2.12. The van der Waals surface area contributed by atoms with Crippen molar-refractivity contribution in [3.63, 3.8) is 0 Å². The smallest absolute Gasteiger partial charge is 0.336 e. The molecule has 0 aliphatic rings. The molecule has 4 nitrogen and oxygen atoms in total. The first-order valence-electron chi connectivity index (χ1n) is 7.11. The van der Waals surface area contributed by atoms with Crippen LogP contribution >= 0.6 is 0 Å². The second-order valence-corrected chi connectivity index (χ2v) is 5.63. The first-order chi connectivity index (χ1) is 10.5. The number of rotatable bonds is 3. The van der Waals surface area contributed by atoms with E-state index in [1.54, 1.807) is 18.2 Å². The molecule has 0 unspecified atom stereocenters. The van der Waals surface area contributed by atoms with Crippen LogP contribution in [0.25, 0.3) is 22.1 Å². The maximum absolute atomic E-state index is 11.4. The molecular weight excluding hydrogens is 276 g/mol. The molecule has 3 aromatic rings. The third kappa shape index (κ3) is 2.73. The van der Waals surface area contributed by atoms with E-state index < -0.39 is 0 Å². The van der Waals surface area contributed by atoms with Gasteiger partial charge in [-0.15, -0.1) is 0 Å². The van der Waals surface area contributed by atoms with E-state index in [1.165, 1.54) is 11.6 Å². The van der Waals surface area contributed by atoms with Gasteiger partial charge >= 0.3 is 5.63 Å². The average molecular weight is 294 g/mol. The lowest BCUT2D eigenvalue weighted by Crippen LogP contribution is -2.10. The van der Waals surface area contributed by atoms with Crippen LogP contribution < -0.4 is 11.4 Å². The highest BCUT2D eigenvalue weighted by Gasteiger charge is 2.10. The molecule has 0 spiro atoms. The Balaban J connectivity index is 2.13. The summed E-state index contributed by atoms with van der Waals surface area (Å²) in [6.45, 7) is 0.889. The maximum atomic E-state index is 11.4. The normalized spacial score (nSPS) is 11.2. The molecule has 0 bridgehead atoms. The van der Waals surface area contributed by atoms with Gasteiger partial charge in [0.25, 0.3) is 0 Å². The number of nitrogens with two attached hydrogens (primary N) is 1. The Kier molecular flexibility index (Phi) is 3.69. The Labute approximate surface area is 128 Å². The van der Waals surface area contributed by atoms with E-state index in [2.05, 4.69) is 29.2 Å². The zero-order chi connectivity index (χ0) is 15.7. The zero-order valence-corrected chi connectivity index (χ0v) is 12.7. The zero-order valence-electron chi connectivity index (χ0n) is 12.7. The van der Waals surface area contributed by atoms with Crippen LogP contribution in [0.1, 0.15) is 5.56 Å². The Morgan fingerprint density at radius 1 is 1.00 bits per heavy atom. The first-order valence-corrected chi connectivity index (χ1v) is 7.11. The Morgan fingerprint density at radius 2 is 1.73 bits per heavy atom. The molecule has 0 aliphatic carbocycles. The van der Waals surface area contributed by atoms with Crippen molar-refractivity contribution in [3.05, 3.63) is 64.5 Å². The maximum Gasteiger partial charge on any atom is 0.336 e. The van der Waals surface area contributed by atoms with Crippen molar-refractivity contribution < 1.29 is 4.42 Å². The largest absolute Gasteiger partial charge is 0.423 e. The molecule has 0 saturated heterocycles. The average Bonchev–Trinajstić information content (AvgIpc) is 2.48. The number of hydrogen-bond donors (Lipinski definition) is 1. The highest BCUT2D eigenvalue weighted by atomic mass is 16.4. The lowest BCUT2D eigenvalue weighted by atomic mass is 9.98. The quantitative estimate of drug-likeness (QED) is 0.595. The first kappa shape index (κ1) is 14.4. The van der Waals surface area contributed by atoms with Gasteiger partial charge in [0.2, 0.25) is 0 Å². The molecule has 112 valence electrons. The van der Waals surface area contributed by atoms with Gasteiger partial charge < -0.3 is 15.1 Å². The van der Waals surface area contributed by atoms with E-state index in [1.807, 2.05) is 14.1 Å². The molecule has 4 heteroatoms. The number of anilines is 1. The van der Waals surface area contributed by atoms with Gasteiger partial charge in [-0.25, -0.2) is 4.79 Å². The monoisotopic (exact) mass is 294 g/mol. The fourth-order valence-corrected chi connectivity index (χ4v) is 2.63. The van der Waals surface area contributed by atoms with Crippen LogP contribution in [0.15, 0.2) is 57.7 Å². The molecule has 3 rings (SSSR count). The van der Waals surface area contributed by atoms with Crippen LogP contribution in [-0.2, 0) is 6.54 Å². The van der Waals surface area contributed by atoms with Crippen molar-refractivity contribution >= 4 is 16.7 Å². The molecular formula is C18H18N2O2. The molecule has 1 aromatic heterocycles. The van der Waals surface area contributed by atoms with Gasteiger partial charge in [0, 0.05) is 29.2 Å². The van der Waals surface area contributed by atoms with E-state index >= 15 is 0 Å². The van der Waals surface area contributed by atoms with Crippen molar-refractivity contribution in [1.82, 2.24) is 4.90 Å². The van der Waals surface area contributed by atoms with E-state index in [-0.39, 0.29) is 5.63 Å². The highest BCUT2D eigenvalue weighted by molar-refractivity contribution is 5.99. The topological polar surface area (TPSA) is 59.5 Å². The van der Waals surface area contributed by atoms with Crippen LogP contribution in [0.5, 0.6) is 0 Å². The van der Waals surface area contributed by atoms with Gasteiger partial charge in [0.05, 0.1) is 0 Å². The number of nitrogen functional groups attached to an aromatic ring is 1. The van der Waals surface area contributed by atoms with Gasteiger partial charge in [-0.2, -0.15) is 0 Å². The molecule has 0 aliphatic heterocycles. The summed E-state index contributed by atoms with van der Waals surface area (Å²) >= 11 is 0. The summed E-state index contributed by atoms with van der Waals surface area (Å²) in [7, 11) is 4.08. The Hall–Kier alpha value is -2.59. The van der Waals surface area contributed by atoms with Gasteiger partial charge in [-0.05, 0) is 43.4 Å². The fraction of sp³-hybridized carbons (Fsp3) is 0.167. The summed E-state index contributed by atoms with van der Waals surface area (Å²) in [4.78, 5) is 13.5. The summed E-state index contributed by atoms with van der Waals surface area (Å²) in [5, 5.41) is 0.847. The number of hydrogen-bond acceptors (Lipinski definition) is 4. The molecule has 1 heterocycles. The molecule has 2 aromatic carbocycles. The molecule has 0 fully saturated rings. The summed E-state index contributed by atoms with van der Waals surface area (Å²) in [5.74, 6) is 0. The fourth-order valence-electron chi connectivity index (χ4n) is 2.63. The second kappa shape index (κ2) is 5.66. The Morgan fingerprint density at radius 3 is 2.41 bits per heavy atom. The third-order valence-corrected chi connectivity index (χ3v) is 3.58. The molecule has 22 heavy (non-hydrogen) atoms. The summed E-state index contributed by atoms with van der Waals surface area (Å²) in [5.41, 5.74) is 10.2. The predicted octanol–water partition coefficient (Wildman–Crippen LogP) is 3.10. The number of benzene rings is 2. The van der Waals surface area contributed by atoms with Crippen molar-refractivity contribution in [3.8, 4) is 11.1 Å². The van der Waals surface area contributed by atoms with Crippen LogP contribution in [0, 0.1) is 0 Å². The van der Waals surface area contributed by atoms with Crippen LogP contribution in [0.4, 0.5) is 5.69 Å². The minimum absolute atomic E-state index is 0.357. The van der Waals surface area contributed by atoms with Crippen molar-refractivity contribution in [2.45, 2.75) is 6.54 Å². The summed E-state index contributed by atoms with van der Waals surface area (Å²) in [6.07, 6.45) is 0. The number of nitrogens with zero attached hydrogens (tertiary/aromatic N) is 1. The SMILES string of the molecule is CN(C)Cc1ccc(-c2c(N)ccc3oc(=O)ccc23)cc1. The second-order valence-electron chi connectivity index (χ2n) is 5.63. The van der Waals surface area contributed by atoms with E-state index in [0.29, 0.717) is 11.3 Å². The van der Waals surface area contributed by atoms with E-state index in [9.17, 15) is 4.79 Å². The van der Waals surface area contributed by atoms with Crippen molar-refractivity contribution in [2.75, 3.05) is 19.8 Å². The lowest BCUT2D eigenvalue weighted by molar-refractivity contribution is 0.402. The van der Waals surface area contributed by atoms with Crippen LogP contribution in [0.2, 0.25) is 0 Å². The highest BCUT2D eigenvalue weighted by Crippen LogP contribution is 2.33. The molecule has 0 saturated carbocycles. The van der Waals surface area contributed by atoms with Gasteiger partial charge in [0.1, 0.15) is 5.58 Å². The standard InChI is InChI=1S/C18H18N2O2/c1-20(2)11-12-3-5-13(6-4-12)18-14-7-10-17(21)22-16(14)9-8-15(18)19/h3-10H,11,19H2,1-2H3. The van der Waals surface area contributed by atoms with E-state index in [0.717, 1.165) is 23.1 Å². The van der Waals surface area contributed by atoms with E-state index in [4.69, 9.17) is 10.2 Å². The van der Waals surface area contributed by atoms with Gasteiger partial charge in [-0.3, -0.25) is 0 Å². The summed E-state index contributed by atoms with van der Waals surface area (Å²) < 4.78 is 5.24. The molecule has 0 atom stereocenters. The molecule has 0 radical (unpaired) electrons. The van der Waals surface area contributed by atoms with Crippen LogP contribution in [-0.4, -0.2) is 19.0 Å². The summed E-state index contributed by atoms with van der Waals surface area (Å²) in [6, 6.07) is 15.0. The number of fused-ring (bicyclic) bond motifs is 1. The van der Waals surface area contributed by atoms with Gasteiger partial charge in [0.15, 0.2) is 0 Å². The Bertz CT molecular complexity index is 864. The molecule has 2 N–H and O–H groups in total. The van der Waals surface area contributed by atoms with Crippen molar-refractivity contribution in [2.24, 2.45) is 0 Å². The minimum atomic E-state index is -0.357. The predicted molar refractivity (Wildman–Crippen MR) is 89.7 cm³/mol. The minimum Gasteiger partial charge on any atom is -0.423 e. The third-order valence-electron chi connectivity index (χ3n) is 3.58. The van der Waals surface area contributed by atoms with Crippen LogP contribution in [0.3, 0.4) is 0 Å².